The number of carbonyl (C=O) groups excluding carboxylic acids is 2. The van der Waals surface area contributed by atoms with Crippen molar-refractivity contribution in [1.29, 1.82) is 0 Å². The Kier molecular flexibility index (Phi) is 4.92. The molecule has 0 aliphatic carbocycles. The van der Waals surface area contributed by atoms with Crippen LogP contribution in [0.1, 0.15) is 60.0 Å². The predicted octanol–water partition coefficient (Wildman–Crippen LogP) is 3.16. The van der Waals surface area contributed by atoms with Crippen LogP contribution in [0.25, 0.3) is 10.9 Å². The minimum absolute atomic E-state index is 0.0366. The maximum absolute atomic E-state index is 13.2. The van der Waals surface area contributed by atoms with E-state index in [-0.39, 0.29) is 22.9 Å². The number of aromatic nitrogens is 3. The van der Waals surface area contributed by atoms with E-state index in [0.717, 1.165) is 28.6 Å². The molecule has 0 saturated carbocycles. The molecule has 1 aromatic carbocycles. The number of hydrogen-bond acceptors (Lipinski definition) is 5. The zero-order valence-electron chi connectivity index (χ0n) is 19.5. The Morgan fingerprint density at radius 3 is 2.64 bits per heavy atom. The molecule has 0 radical (unpaired) electrons. The number of carbonyl (C=O) groups is 2. The van der Waals surface area contributed by atoms with Gasteiger partial charge in [-0.05, 0) is 64.3 Å². The minimum atomic E-state index is -0.332. The molecule has 4 heterocycles. The van der Waals surface area contributed by atoms with Crippen molar-refractivity contribution in [3.05, 3.63) is 53.5 Å². The number of methoxy groups -OCH3 is 1. The Morgan fingerprint density at radius 1 is 1.18 bits per heavy atom. The Labute approximate surface area is 192 Å². The smallest absolute Gasteiger partial charge is 0.272 e. The molecule has 2 amide bonds. The maximum Gasteiger partial charge on any atom is 0.272 e. The molecule has 8 heteroatoms. The molecule has 33 heavy (non-hydrogen) atoms. The molecule has 1 spiro atoms. The zero-order chi connectivity index (χ0) is 23.4. The number of fused-ring (bicyclic) bond motifs is 2. The Morgan fingerprint density at radius 2 is 1.94 bits per heavy atom. The second-order valence-electron chi connectivity index (χ2n) is 10.1. The van der Waals surface area contributed by atoms with Crippen molar-refractivity contribution in [2.75, 3.05) is 20.2 Å². The van der Waals surface area contributed by atoms with Crippen molar-refractivity contribution in [1.82, 2.24) is 25.0 Å². The normalized spacial score (nSPS) is 17.7. The first-order valence-electron chi connectivity index (χ1n) is 11.3. The number of rotatable bonds is 2. The van der Waals surface area contributed by atoms with Crippen LogP contribution >= 0.6 is 0 Å². The highest BCUT2D eigenvalue weighted by atomic mass is 16.5. The summed E-state index contributed by atoms with van der Waals surface area (Å²) in [4.78, 5) is 32.3. The van der Waals surface area contributed by atoms with Crippen LogP contribution in [0.15, 0.2) is 36.7 Å². The van der Waals surface area contributed by atoms with E-state index in [1.54, 1.807) is 13.3 Å². The van der Waals surface area contributed by atoms with Crippen LogP contribution in [-0.4, -0.2) is 57.2 Å². The first-order valence-corrected chi connectivity index (χ1v) is 11.3. The van der Waals surface area contributed by atoms with Crippen molar-refractivity contribution in [2.24, 2.45) is 0 Å². The molecule has 3 aromatic rings. The Hall–Kier alpha value is -3.42. The highest BCUT2D eigenvalue weighted by molar-refractivity contribution is 5.98. The van der Waals surface area contributed by atoms with Gasteiger partial charge in [0.2, 0.25) is 0 Å². The summed E-state index contributed by atoms with van der Waals surface area (Å²) in [5, 5.41) is 8.61. The van der Waals surface area contributed by atoms with Gasteiger partial charge < -0.3 is 15.0 Å². The van der Waals surface area contributed by atoms with Crippen molar-refractivity contribution in [3.8, 4) is 5.75 Å². The van der Waals surface area contributed by atoms with Gasteiger partial charge in [-0.1, -0.05) is 0 Å². The standard InChI is InChI=1S/C25H29N5O3/c1-24(2,3)30-15-18-13-25(27-22(31)21(18)28-30)7-9-29(10-8-25)23(32)17-11-16-12-19(33-4)5-6-20(16)26-14-17/h5-6,11-12,14-15H,7-10,13H2,1-4H3,(H,27,31). The third-order valence-corrected chi connectivity index (χ3v) is 6.74. The van der Waals surface area contributed by atoms with Gasteiger partial charge in [0, 0.05) is 42.0 Å². The van der Waals surface area contributed by atoms with Gasteiger partial charge in [-0.25, -0.2) is 0 Å². The largest absolute Gasteiger partial charge is 0.497 e. The molecule has 2 aliphatic rings. The van der Waals surface area contributed by atoms with E-state index >= 15 is 0 Å². The lowest BCUT2D eigenvalue weighted by Gasteiger charge is -2.44. The van der Waals surface area contributed by atoms with Crippen molar-refractivity contribution in [3.63, 3.8) is 0 Å². The number of pyridine rings is 1. The molecule has 2 aromatic heterocycles. The highest BCUT2D eigenvalue weighted by Gasteiger charge is 2.43. The van der Waals surface area contributed by atoms with Crippen molar-refractivity contribution in [2.45, 2.75) is 51.1 Å². The van der Waals surface area contributed by atoms with Crippen molar-refractivity contribution >= 4 is 22.7 Å². The van der Waals surface area contributed by atoms with E-state index in [2.05, 4.69) is 36.2 Å². The van der Waals surface area contributed by atoms with E-state index < -0.39 is 0 Å². The number of nitrogens with zero attached hydrogens (tertiary/aromatic N) is 4. The zero-order valence-corrected chi connectivity index (χ0v) is 19.5. The minimum Gasteiger partial charge on any atom is -0.497 e. The van der Waals surface area contributed by atoms with Gasteiger partial charge in [0.15, 0.2) is 5.69 Å². The molecular formula is C25H29N5O3. The van der Waals surface area contributed by atoms with Crippen LogP contribution in [0.2, 0.25) is 0 Å². The summed E-state index contributed by atoms with van der Waals surface area (Å²) in [6, 6.07) is 7.50. The van der Waals surface area contributed by atoms with Gasteiger partial charge in [0.25, 0.3) is 11.8 Å². The van der Waals surface area contributed by atoms with Gasteiger partial charge in [0.1, 0.15) is 5.75 Å². The molecule has 1 fully saturated rings. The average molecular weight is 448 g/mol. The summed E-state index contributed by atoms with van der Waals surface area (Å²) in [6.07, 6.45) is 5.79. The molecule has 8 nitrogen and oxygen atoms in total. The lowest BCUT2D eigenvalue weighted by atomic mass is 9.79. The molecule has 0 atom stereocenters. The topological polar surface area (TPSA) is 89.3 Å². The summed E-state index contributed by atoms with van der Waals surface area (Å²) in [6.45, 7) is 7.37. The van der Waals surface area contributed by atoms with Gasteiger partial charge in [-0.15, -0.1) is 0 Å². The first-order chi connectivity index (χ1) is 15.7. The predicted molar refractivity (Wildman–Crippen MR) is 125 cm³/mol. The summed E-state index contributed by atoms with van der Waals surface area (Å²) >= 11 is 0. The number of ether oxygens (including phenoxy) is 1. The van der Waals surface area contributed by atoms with E-state index in [1.165, 1.54) is 0 Å². The summed E-state index contributed by atoms with van der Waals surface area (Å²) < 4.78 is 7.16. The fourth-order valence-electron chi connectivity index (χ4n) is 4.76. The van der Waals surface area contributed by atoms with Crippen LogP contribution in [0.4, 0.5) is 0 Å². The monoisotopic (exact) mass is 447 g/mol. The number of nitrogens with one attached hydrogen (secondary N) is 1. The summed E-state index contributed by atoms with van der Waals surface area (Å²) in [5.74, 6) is 0.577. The molecular weight excluding hydrogens is 418 g/mol. The van der Waals surface area contributed by atoms with Crippen LogP contribution in [0.3, 0.4) is 0 Å². The van der Waals surface area contributed by atoms with E-state index in [0.29, 0.717) is 37.2 Å². The van der Waals surface area contributed by atoms with E-state index in [4.69, 9.17) is 4.74 Å². The SMILES string of the molecule is COc1ccc2ncc(C(=O)N3CCC4(CC3)Cc3cn(C(C)(C)C)nc3C(=O)N4)cc2c1. The van der Waals surface area contributed by atoms with E-state index in [9.17, 15) is 9.59 Å². The van der Waals surface area contributed by atoms with Crippen molar-refractivity contribution < 1.29 is 14.3 Å². The van der Waals surface area contributed by atoms with Gasteiger partial charge in [0.05, 0.1) is 23.7 Å². The molecule has 1 saturated heterocycles. The van der Waals surface area contributed by atoms with Gasteiger partial charge in [-0.3, -0.25) is 19.3 Å². The third kappa shape index (κ3) is 3.83. The summed E-state index contributed by atoms with van der Waals surface area (Å²) in [5.41, 5.74) is 2.38. The fraction of sp³-hybridized carbons (Fsp3) is 0.440. The number of hydrogen-bond donors (Lipinski definition) is 1. The summed E-state index contributed by atoms with van der Waals surface area (Å²) in [7, 11) is 1.62. The lowest BCUT2D eigenvalue weighted by molar-refractivity contribution is 0.0605. The Bertz CT molecular complexity index is 1250. The second kappa shape index (κ2) is 7.57. The first kappa shape index (κ1) is 21.4. The molecule has 5 rings (SSSR count). The number of piperidine rings is 1. The molecule has 0 unspecified atom stereocenters. The van der Waals surface area contributed by atoms with Gasteiger partial charge >= 0.3 is 0 Å². The molecule has 172 valence electrons. The van der Waals surface area contributed by atoms with Gasteiger partial charge in [-0.2, -0.15) is 5.10 Å². The number of benzene rings is 1. The van der Waals surface area contributed by atoms with Crippen LogP contribution in [0.5, 0.6) is 5.75 Å². The molecule has 0 bridgehead atoms. The molecule has 2 aliphatic heterocycles. The number of amides is 2. The quantitative estimate of drug-likeness (QED) is 0.652. The fourth-order valence-corrected chi connectivity index (χ4v) is 4.76. The van der Waals surface area contributed by atoms with Crippen LogP contribution < -0.4 is 10.1 Å². The molecule has 1 N–H and O–H groups in total. The Balaban J connectivity index is 1.32. The number of likely N-dealkylation sites (tertiary alicyclic amines) is 1. The lowest BCUT2D eigenvalue weighted by Crippen LogP contribution is -2.59. The van der Waals surface area contributed by atoms with E-state index in [1.807, 2.05) is 40.0 Å². The van der Waals surface area contributed by atoms with Crippen LogP contribution in [0, 0.1) is 0 Å². The van der Waals surface area contributed by atoms with Crippen LogP contribution in [-0.2, 0) is 12.0 Å². The second-order valence-corrected chi connectivity index (χ2v) is 10.1. The maximum atomic E-state index is 13.2. The average Bonchev–Trinajstić information content (AvgIpc) is 3.23. The highest BCUT2D eigenvalue weighted by Crippen LogP contribution is 2.33. The third-order valence-electron chi connectivity index (χ3n) is 6.74.